The van der Waals surface area contributed by atoms with Crippen LogP contribution in [0.15, 0.2) is 42.5 Å². The van der Waals surface area contributed by atoms with Crippen molar-refractivity contribution in [2.45, 2.75) is 19.5 Å². The Morgan fingerprint density at radius 3 is 2.43 bits per heavy atom. The number of Topliss-reactive ketones (excluding diaryl/α,β-unsaturated/α-hetero) is 1. The van der Waals surface area contributed by atoms with E-state index in [9.17, 15) is 22.4 Å². The van der Waals surface area contributed by atoms with Crippen molar-refractivity contribution in [2.24, 2.45) is 0 Å². The topological polar surface area (TPSA) is 17.1 Å². The minimum atomic E-state index is -4.46. The average Bonchev–Trinajstić information content (AvgIpc) is 2.37. The molecule has 0 radical (unpaired) electrons. The van der Waals surface area contributed by atoms with Crippen LogP contribution in [0, 0.1) is 12.7 Å². The smallest absolute Gasteiger partial charge is 0.294 e. The lowest BCUT2D eigenvalue weighted by Gasteiger charge is -2.09. The van der Waals surface area contributed by atoms with Gasteiger partial charge in [-0.25, -0.2) is 4.39 Å². The first-order valence-electron chi connectivity index (χ1n) is 6.23. The maximum absolute atomic E-state index is 13.7. The molecule has 21 heavy (non-hydrogen) atoms. The van der Waals surface area contributed by atoms with Gasteiger partial charge in [-0.05, 0) is 36.2 Å². The number of ketones is 1. The maximum Gasteiger partial charge on any atom is 0.416 e. The Morgan fingerprint density at radius 1 is 1.10 bits per heavy atom. The van der Waals surface area contributed by atoms with Crippen molar-refractivity contribution in [2.75, 3.05) is 0 Å². The van der Waals surface area contributed by atoms with Crippen molar-refractivity contribution in [3.8, 4) is 0 Å². The first-order chi connectivity index (χ1) is 9.77. The second-order valence-electron chi connectivity index (χ2n) is 4.78. The van der Waals surface area contributed by atoms with E-state index in [2.05, 4.69) is 0 Å². The highest BCUT2D eigenvalue weighted by molar-refractivity contribution is 5.97. The fraction of sp³-hybridized carbons (Fsp3) is 0.188. The Hall–Kier alpha value is -2.17. The van der Waals surface area contributed by atoms with Crippen molar-refractivity contribution in [3.63, 3.8) is 0 Å². The highest BCUT2D eigenvalue weighted by Crippen LogP contribution is 2.29. The average molecular weight is 296 g/mol. The number of halogens is 4. The van der Waals surface area contributed by atoms with Crippen LogP contribution in [0.5, 0.6) is 0 Å². The fourth-order valence-corrected chi connectivity index (χ4v) is 1.98. The maximum atomic E-state index is 13.7. The molecule has 0 bridgehead atoms. The quantitative estimate of drug-likeness (QED) is 0.598. The van der Waals surface area contributed by atoms with Gasteiger partial charge in [-0.15, -0.1) is 0 Å². The van der Waals surface area contributed by atoms with Crippen LogP contribution in [0.2, 0.25) is 0 Å². The van der Waals surface area contributed by atoms with E-state index < -0.39 is 23.3 Å². The van der Waals surface area contributed by atoms with Crippen LogP contribution in [0.25, 0.3) is 0 Å². The summed E-state index contributed by atoms with van der Waals surface area (Å²) in [5.74, 6) is -1.21. The predicted molar refractivity (Wildman–Crippen MR) is 70.6 cm³/mol. The molecule has 0 N–H and O–H groups in total. The minimum absolute atomic E-state index is 0.113. The molecule has 5 heteroatoms. The molecule has 0 unspecified atom stereocenters. The van der Waals surface area contributed by atoms with Gasteiger partial charge in [-0.3, -0.25) is 4.79 Å². The first kappa shape index (κ1) is 15.2. The summed E-state index contributed by atoms with van der Waals surface area (Å²) < 4.78 is 51.4. The van der Waals surface area contributed by atoms with Crippen LogP contribution < -0.4 is 0 Å². The third kappa shape index (κ3) is 3.68. The third-order valence-corrected chi connectivity index (χ3v) is 3.04. The van der Waals surface area contributed by atoms with Gasteiger partial charge in [0.1, 0.15) is 5.82 Å². The number of carbonyl (C=O) groups excluding carboxylic acids is 1. The second-order valence-corrected chi connectivity index (χ2v) is 4.78. The summed E-state index contributed by atoms with van der Waals surface area (Å²) in [4.78, 5) is 12.0. The Morgan fingerprint density at radius 2 is 1.81 bits per heavy atom. The molecule has 0 spiro atoms. The molecule has 2 aromatic rings. The Balaban J connectivity index is 2.24. The molecular formula is C16H12F4O. The van der Waals surface area contributed by atoms with Gasteiger partial charge in [0.15, 0.2) is 5.78 Å². The Labute approximate surface area is 119 Å². The van der Waals surface area contributed by atoms with Gasteiger partial charge in [-0.2, -0.15) is 13.2 Å². The zero-order valence-electron chi connectivity index (χ0n) is 11.2. The summed E-state index contributed by atoms with van der Waals surface area (Å²) in [6, 6.07) is 8.64. The van der Waals surface area contributed by atoms with E-state index in [0.717, 1.165) is 12.1 Å². The minimum Gasteiger partial charge on any atom is -0.294 e. The number of aryl methyl sites for hydroxylation is 1. The van der Waals surface area contributed by atoms with E-state index in [0.29, 0.717) is 5.56 Å². The standard InChI is InChI=1S/C16H12F4O/c1-10-5-6-13(14(17)7-10)15(21)9-11-3-2-4-12(8-11)16(18,19)20/h2-8H,9H2,1H3. The number of carbonyl (C=O) groups is 1. The molecule has 0 aliphatic carbocycles. The molecule has 0 saturated carbocycles. The van der Waals surface area contributed by atoms with E-state index in [1.807, 2.05) is 0 Å². The van der Waals surface area contributed by atoms with Crippen LogP contribution in [-0.2, 0) is 12.6 Å². The second kappa shape index (κ2) is 5.68. The zero-order chi connectivity index (χ0) is 15.6. The first-order valence-corrected chi connectivity index (χ1v) is 6.23. The van der Waals surface area contributed by atoms with E-state index in [-0.39, 0.29) is 17.5 Å². The SMILES string of the molecule is Cc1ccc(C(=O)Cc2cccc(C(F)(F)F)c2)c(F)c1. The summed E-state index contributed by atoms with van der Waals surface area (Å²) in [5, 5.41) is 0. The van der Waals surface area contributed by atoms with Crippen molar-refractivity contribution >= 4 is 5.78 Å². The van der Waals surface area contributed by atoms with E-state index in [1.165, 1.54) is 24.3 Å². The van der Waals surface area contributed by atoms with Crippen LogP contribution >= 0.6 is 0 Å². The summed E-state index contributed by atoms with van der Waals surface area (Å²) in [7, 11) is 0. The molecule has 0 saturated heterocycles. The molecule has 1 nitrogen and oxygen atoms in total. The third-order valence-electron chi connectivity index (χ3n) is 3.04. The van der Waals surface area contributed by atoms with Crippen molar-refractivity contribution in [1.29, 1.82) is 0 Å². The Bertz CT molecular complexity index is 674. The fourth-order valence-electron chi connectivity index (χ4n) is 1.98. The molecule has 0 atom stereocenters. The molecule has 0 aliphatic rings. The van der Waals surface area contributed by atoms with Crippen molar-refractivity contribution in [1.82, 2.24) is 0 Å². The van der Waals surface area contributed by atoms with Gasteiger partial charge in [0.05, 0.1) is 11.1 Å². The normalized spacial score (nSPS) is 11.5. The van der Waals surface area contributed by atoms with Gasteiger partial charge in [0, 0.05) is 6.42 Å². The summed E-state index contributed by atoms with van der Waals surface area (Å²) in [5.41, 5.74) is -0.0619. The Kier molecular flexibility index (Phi) is 4.11. The number of benzene rings is 2. The molecule has 0 aliphatic heterocycles. The highest BCUT2D eigenvalue weighted by Gasteiger charge is 2.30. The number of alkyl halides is 3. The predicted octanol–water partition coefficient (Wildman–Crippen LogP) is 4.58. The van der Waals surface area contributed by atoms with Crippen LogP contribution in [0.4, 0.5) is 17.6 Å². The molecule has 0 heterocycles. The van der Waals surface area contributed by atoms with Gasteiger partial charge >= 0.3 is 6.18 Å². The van der Waals surface area contributed by atoms with Crippen LogP contribution in [0.1, 0.15) is 27.0 Å². The zero-order valence-corrected chi connectivity index (χ0v) is 11.2. The van der Waals surface area contributed by atoms with Gasteiger partial charge < -0.3 is 0 Å². The van der Waals surface area contributed by atoms with Crippen LogP contribution in [-0.4, -0.2) is 5.78 Å². The summed E-state index contributed by atoms with van der Waals surface area (Å²) in [6.45, 7) is 1.68. The van der Waals surface area contributed by atoms with E-state index in [4.69, 9.17) is 0 Å². The molecule has 110 valence electrons. The summed E-state index contributed by atoms with van der Waals surface area (Å²) >= 11 is 0. The van der Waals surface area contributed by atoms with Crippen molar-refractivity contribution in [3.05, 3.63) is 70.5 Å². The van der Waals surface area contributed by atoms with Gasteiger partial charge in [-0.1, -0.05) is 24.3 Å². The van der Waals surface area contributed by atoms with Crippen LogP contribution in [0.3, 0.4) is 0 Å². The molecular weight excluding hydrogens is 284 g/mol. The molecule has 2 rings (SSSR count). The lowest BCUT2D eigenvalue weighted by Crippen LogP contribution is -2.09. The molecule has 0 aromatic heterocycles. The monoisotopic (exact) mass is 296 g/mol. The number of hydrogen-bond acceptors (Lipinski definition) is 1. The molecule has 2 aromatic carbocycles. The van der Waals surface area contributed by atoms with E-state index >= 15 is 0 Å². The lowest BCUT2D eigenvalue weighted by molar-refractivity contribution is -0.137. The molecule has 0 fully saturated rings. The number of hydrogen-bond donors (Lipinski definition) is 0. The largest absolute Gasteiger partial charge is 0.416 e. The lowest BCUT2D eigenvalue weighted by atomic mass is 10.00. The van der Waals surface area contributed by atoms with E-state index in [1.54, 1.807) is 13.0 Å². The highest BCUT2D eigenvalue weighted by atomic mass is 19.4. The number of rotatable bonds is 3. The molecule has 0 amide bonds. The van der Waals surface area contributed by atoms with Gasteiger partial charge in [0.2, 0.25) is 0 Å². The van der Waals surface area contributed by atoms with Gasteiger partial charge in [0.25, 0.3) is 0 Å². The summed E-state index contributed by atoms with van der Waals surface area (Å²) in [6.07, 6.45) is -4.74. The van der Waals surface area contributed by atoms with Crippen molar-refractivity contribution < 1.29 is 22.4 Å².